The van der Waals surface area contributed by atoms with Crippen molar-refractivity contribution in [3.63, 3.8) is 0 Å². The van der Waals surface area contributed by atoms with Crippen LogP contribution >= 0.6 is 0 Å². The summed E-state index contributed by atoms with van der Waals surface area (Å²) in [5.74, 6) is -0.664. The Morgan fingerprint density at radius 3 is 2.70 bits per heavy atom. The molecule has 3 heterocycles. The van der Waals surface area contributed by atoms with Gasteiger partial charge in [0.2, 0.25) is 5.91 Å². The van der Waals surface area contributed by atoms with Gasteiger partial charge in [0.25, 0.3) is 5.91 Å². The second-order valence-electron chi connectivity index (χ2n) is 7.68. The number of carbonyl (C=O) groups is 2. The molecule has 0 unspecified atom stereocenters. The quantitative estimate of drug-likeness (QED) is 0.646. The molecule has 0 saturated carbocycles. The van der Waals surface area contributed by atoms with Gasteiger partial charge in [-0.3, -0.25) is 9.59 Å². The fourth-order valence-corrected chi connectivity index (χ4v) is 3.95. The minimum atomic E-state index is -0.412. The molecule has 2 amide bonds. The topological polar surface area (TPSA) is 58.7 Å². The number of fused-ring (bicyclic) bond motifs is 1. The lowest BCUT2D eigenvalue weighted by atomic mass is 9.99. The Kier molecular flexibility index (Phi) is 5.44. The predicted octanol–water partition coefficient (Wildman–Crippen LogP) is 3.70. The number of hydrogen-bond donors (Lipinski definition) is 0. The molecule has 4 rings (SSSR count). The Morgan fingerprint density at radius 2 is 2.00 bits per heavy atom. The monoisotopic (exact) mass is 409 g/mol. The van der Waals surface area contributed by atoms with Crippen molar-refractivity contribution in [3.05, 3.63) is 83.8 Å². The van der Waals surface area contributed by atoms with Crippen LogP contribution in [-0.4, -0.2) is 45.3 Å². The molecule has 0 spiro atoms. The third kappa shape index (κ3) is 3.75. The maximum Gasteiger partial charge on any atom is 0.290 e. The lowest BCUT2D eigenvalue weighted by Crippen LogP contribution is -2.49. The molecule has 7 heteroatoms. The summed E-state index contributed by atoms with van der Waals surface area (Å²) in [6.07, 6.45) is 3.40. The Bertz CT molecular complexity index is 1040. The van der Waals surface area contributed by atoms with Crippen LogP contribution in [0.15, 0.2) is 65.4 Å². The number of rotatable bonds is 5. The molecule has 0 saturated heterocycles. The van der Waals surface area contributed by atoms with Gasteiger partial charge in [-0.15, -0.1) is 0 Å². The number of furan rings is 1. The van der Waals surface area contributed by atoms with Crippen molar-refractivity contribution in [2.24, 2.45) is 0 Å². The molecule has 0 N–H and O–H groups in total. The number of benzene rings is 1. The summed E-state index contributed by atoms with van der Waals surface area (Å²) in [5, 5.41) is 0. The van der Waals surface area contributed by atoms with Gasteiger partial charge in [-0.25, -0.2) is 4.39 Å². The van der Waals surface area contributed by atoms with Crippen LogP contribution in [0, 0.1) is 5.82 Å². The molecule has 1 aliphatic heterocycles. The summed E-state index contributed by atoms with van der Waals surface area (Å²) in [6, 6.07) is 12.8. The van der Waals surface area contributed by atoms with Crippen molar-refractivity contribution in [2.45, 2.75) is 32.5 Å². The Labute approximate surface area is 174 Å². The van der Waals surface area contributed by atoms with Crippen LogP contribution in [0.25, 0.3) is 0 Å². The summed E-state index contributed by atoms with van der Waals surface area (Å²) in [5.41, 5.74) is 1.63. The molecule has 6 nitrogen and oxygen atoms in total. The first-order valence-corrected chi connectivity index (χ1v) is 10.00. The first-order chi connectivity index (χ1) is 14.5. The van der Waals surface area contributed by atoms with Crippen molar-refractivity contribution >= 4 is 11.8 Å². The molecule has 0 radical (unpaired) electrons. The number of aromatic nitrogens is 1. The van der Waals surface area contributed by atoms with Gasteiger partial charge in [0.15, 0.2) is 5.76 Å². The minimum absolute atomic E-state index is 0.0796. The smallest absolute Gasteiger partial charge is 0.290 e. The molecule has 30 heavy (non-hydrogen) atoms. The summed E-state index contributed by atoms with van der Waals surface area (Å²) >= 11 is 0. The van der Waals surface area contributed by atoms with Crippen LogP contribution in [0.3, 0.4) is 0 Å². The predicted molar refractivity (Wildman–Crippen MR) is 109 cm³/mol. The molecule has 1 atom stereocenters. The zero-order valence-corrected chi connectivity index (χ0v) is 17.0. The van der Waals surface area contributed by atoms with E-state index in [1.54, 1.807) is 23.1 Å². The fourth-order valence-electron chi connectivity index (χ4n) is 3.95. The standard InChI is InChI=1S/C23H24FN3O3/c1-16(2)27(23(29)20-9-5-13-30-20)15-21(28)26-12-11-25-10-4-8-19(25)22(26)17-6-3-7-18(24)14-17/h3-10,13-14,16,22H,11-12,15H2,1-2H3/t22-/m0/s1. The maximum atomic E-state index is 14.0. The molecule has 3 aromatic rings. The van der Waals surface area contributed by atoms with E-state index in [4.69, 9.17) is 4.42 Å². The molecular formula is C23H24FN3O3. The number of hydrogen-bond acceptors (Lipinski definition) is 3. The Balaban J connectivity index is 1.64. The number of nitrogens with zero attached hydrogens (tertiary/aromatic N) is 3. The minimum Gasteiger partial charge on any atom is -0.459 e. The van der Waals surface area contributed by atoms with E-state index >= 15 is 0 Å². The van der Waals surface area contributed by atoms with Gasteiger partial charge >= 0.3 is 0 Å². The second kappa shape index (κ2) is 8.18. The van der Waals surface area contributed by atoms with E-state index in [-0.39, 0.29) is 36.0 Å². The van der Waals surface area contributed by atoms with E-state index in [1.165, 1.54) is 23.3 Å². The van der Waals surface area contributed by atoms with Crippen molar-refractivity contribution in [1.29, 1.82) is 0 Å². The summed E-state index contributed by atoms with van der Waals surface area (Å²) in [7, 11) is 0. The normalized spacial score (nSPS) is 15.9. The zero-order chi connectivity index (χ0) is 21.3. The van der Waals surface area contributed by atoms with Crippen molar-refractivity contribution < 1.29 is 18.4 Å². The van der Waals surface area contributed by atoms with Gasteiger partial charge < -0.3 is 18.8 Å². The average Bonchev–Trinajstić information content (AvgIpc) is 3.42. The van der Waals surface area contributed by atoms with Crippen LogP contribution in [0.1, 0.15) is 41.7 Å². The molecule has 0 aliphatic carbocycles. The van der Waals surface area contributed by atoms with Crippen LogP contribution in [-0.2, 0) is 11.3 Å². The van der Waals surface area contributed by atoms with Crippen LogP contribution in [0.2, 0.25) is 0 Å². The lowest BCUT2D eigenvalue weighted by Gasteiger charge is -2.39. The highest BCUT2D eigenvalue weighted by atomic mass is 19.1. The molecule has 1 aliphatic rings. The molecule has 2 aromatic heterocycles. The number of halogens is 1. The molecule has 0 bridgehead atoms. The third-order valence-corrected chi connectivity index (χ3v) is 5.44. The van der Waals surface area contributed by atoms with Crippen molar-refractivity contribution in [1.82, 2.24) is 14.4 Å². The third-order valence-electron chi connectivity index (χ3n) is 5.44. The second-order valence-corrected chi connectivity index (χ2v) is 7.68. The van der Waals surface area contributed by atoms with Gasteiger partial charge in [-0.2, -0.15) is 0 Å². The van der Waals surface area contributed by atoms with Crippen molar-refractivity contribution in [3.8, 4) is 0 Å². The van der Waals surface area contributed by atoms with E-state index in [0.29, 0.717) is 18.7 Å². The van der Waals surface area contributed by atoms with Gasteiger partial charge in [-0.1, -0.05) is 12.1 Å². The highest BCUT2D eigenvalue weighted by Crippen LogP contribution is 2.33. The molecule has 0 fully saturated rings. The van der Waals surface area contributed by atoms with Crippen molar-refractivity contribution in [2.75, 3.05) is 13.1 Å². The van der Waals surface area contributed by atoms with E-state index in [1.807, 2.05) is 38.2 Å². The Hall–Kier alpha value is -3.35. The van der Waals surface area contributed by atoms with Gasteiger partial charge in [0.05, 0.1) is 12.3 Å². The number of carbonyl (C=O) groups excluding carboxylic acids is 2. The van der Waals surface area contributed by atoms with Gasteiger partial charge in [0.1, 0.15) is 12.4 Å². The van der Waals surface area contributed by atoms with Gasteiger partial charge in [-0.05, 0) is 55.8 Å². The molecular weight excluding hydrogens is 385 g/mol. The first kappa shape index (κ1) is 19.9. The summed E-state index contributed by atoms with van der Waals surface area (Å²) in [6.45, 7) is 4.76. The highest BCUT2D eigenvalue weighted by molar-refractivity contribution is 5.94. The van der Waals surface area contributed by atoms with Crippen LogP contribution < -0.4 is 0 Å². The molecule has 156 valence electrons. The maximum absolute atomic E-state index is 14.0. The summed E-state index contributed by atoms with van der Waals surface area (Å²) < 4.78 is 21.3. The van der Waals surface area contributed by atoms with E-state index in [0.717, 1.165) is 5.69 Å². The Morgan fingerprint density at radius 1 is 1.17 bits per heavy atom. The number of amides is 2. The first-order valence-electron chi connectivity index (χ1n) is 10.00. The summed E-state index contributed by atoms with van der Waals surface area (Å²) in [4.78, 5) is 29.4. The van der Waals surface area contributed by atoms with E-state index in [2.05, 4.69) is 4.57 Å². The highest BCUT2D eigenvalue weighted by Gasteiger charge is 2.34. The largest absolute Gasteiger partial charge is 0.459 e. The molecule has 1 aromatic carbocycles. The zero-order valence-electron chi connectivity index (χ0n) is 17.0. The average molecular weight is 409 g/mol. The van der Waals surface area contributed by atoms with Crippen LogP contribution in [0.5, 0.6) is 0 Å². The van der Waals surface area contributed by atoms with Crippen LogP contribution in [0.4, 0.5) is 4.39 Å². The van der Waals surface area contributed by atoms with Gasteiger partial charge in [0, 0.05) is 31.0 Å². The SMILES string of the molecule is CC(C)N(CC(=O)N1CCn2cccc2[C@@H]1c1cccc(F)c1)C(=O)c1ccco1. The van der Waals surface area contributed by atoms with E-state index in [9.17, 15) is 14.0 Å². The lowest BCUT2D eigenvalue weighted by molar-refractivity contribution is -0.135. The fraction of sp³-hybridized carbons (Fsp3) is 0.304. The van der Waals surface area contributed by atoms with E-state index < -0.39 is 6.04 Å².